The number of rotatable bonds is 2. The summed E-state index contributed by atoms with van der Waals surface area (Å²) in [5, 5.41) is 2.24. The molecule has 28 heavy (non-hydrogen) atoms. The highest BCUT2D eigenvalue weighted by atomic mass is 19.1. The first kappa shape index (κ1) is 17.1. The van der Waals surface area contributed by atoms with E-state index in [1.807, 2.05) is 6.07 Å². The summed E-state index contributed by atoms with van der Waals surface area (Å²) in [6, 6.07) is 14.9. The molecule has 1 nitrogen and oxygen atoms in total. The lowest BCUT2D eigenvalue weighted by Crippen LogP contribution is -2.37. The first-order chi connectivity index (χ1) is 13.6. The summed E-state index contributed by atoms with van der Waals surface area (Å²) in [6.07, 6.45) is 6.47. The van der Waals surface area contributed by atoms with Crippen molar-refractivity contribution in [2.45, 2.75) is 19.3 Å². The molecule has 1 unspecified atom stereocenters. The lowest BCUT2D eigenvalue weighted by atomic mass is 9.82. The summed E-state index contributed by atoms with van der Waals surface area (Å²) < 4.78 is 26.8. The highest BCUT2D eigenvalue weighted by molar-refractivity contribution is 6.01. The summed E-state index contributed by atoms with van der Waals surface area (Å²) >= 11 is 0. The van der Waals surface area contributed by atoms with Crippen molar-refractivity contribution in [3.63, 3.8) is 0 Å². The Balaban J connectivity index is 1.62. The number of benzene rings is 3. The van der Waals surface area contributed by atoms with Crippen molar-refractivity contribution >= 4 is 17.9 Å². The molecule has 0 heterocycles. The minimum absolute atomic E-state index is 0.0292. The molecule has 0 N–H and O–H groups in total. The van der Waals surface area contributed by atoms with Crippen LogP contribution in [-0.4, -0.2) is 5.78 Å². The van der Waals surface area contributed by atoms with Gasteiger partial charge >= 0.3 is 0 Å². The predicted octanol–water partition coefficient (Wildman–Crippen LogP) is 4.19. The molecular weight excluding hydrogens is 354 g/mol. The van der Waals surface area contributed by atoms with Gasteiger partial charge in [0.1, 0.15) is 11.6 Å². The van der Waals surface area contributed by atoms with E-state index in [9.17, 15) is 13.6 Å². The quantitative estimate of drug-likeness (QED) is 0.617. The van der Waals surface area contributed by atoms with E-state index >= 15 is 0 Å². The van der Waals surface area contributed by atoms with Crippen molar-refractivity contribution in [3.8, 4) is 11.1 Å². The summed E-state index contributed by atoms with van der Waals surface area (Å²) in [7, 11) is 0. The molecule has 0 aromatic heterocycles. The van der Waals surface area contributed by atoms with Crippen LogP contribution in [0.15, 0.2) is 54.6 Å². The van der Waals surface area contributed by atoms with Gasteiger partial charge in [0.2, 0.25) is 0 Å². The minimum Gasteiger partial charge on any atom is -0.294 e. The highest BCUT2D eigenvalue weighted by Gasteiger charge is 2.23. The minimum atomic E-state index is -0.340. The summed E-state index contributed by atoms with van der Waals surface area (Å²) in [5.41, 5.74) is 4.92. The van der Waals surface area contributed by atoms with Gasteiger partial charge in [-0.25, -0.2) is 8.78 Å². The van der Waals surface area contributed by atoms with E-state index in [4.69, 9.17) is 0 Å². The first-order valence-electron chi connectivity index (χ1n) is 9.53. The summed E-state index contributed by atoms with van der Waals surface area (Å²) in [6.45, 7) is 0. The predicted molar refractivity (Wildman–Crippen MR) is 106 cm³/mol. The van der Waals surface area contributed by atoms with Crippen LogP contribution in [-0.2, 0) is 12.8 Å². The van der Waals surface area contributed by atoms with Gasteiger partial charge in [-0.1, -0.05) is 30.4 Å². The van der Waals surface area contributed by atoms with E-state index in [0.717, 1.165) is 40.0 Å². The molecule has 0 spiro atoms. The SMILES string of the molecule is O=C(c1ccc(F)cc1)C1C=c2c(ccc3c2=CCc2cc(F)ccc2-3)CC1. The average molecular weight is 372 g/mol. The van der Waals surface area contributed by atoms with Crippen LogP contribution in [0.4, 0.5) is 8.78 Å². The second kappa shape index (κ2) is 6.52. The molecule has 5 rings (SSSR count). The molecule has 3 aromatic carbocycles. The number of fused-ring (bicyclic) bond motifs is 5. The normalized spacial score (nSPS) is 16.9. The number of aryl methyl sites for hydroxylation is 1. The Morgan fingerprint density at radius 2 is 1.57 bits per heavy atom. The zero-order valence-electron chi connectivity index (χ0n) is 15.2. The van der Waals surface area contributed by atoms with E-state index in [0.29, 0.717) is 12.0 Å². The van der Waals surface area contributed by atoms with E-state index in [-0.39, 0.29) is 23.3 Å². The lowest BCUT2D eigenvalue weighted by molar-refractivity contribution is 0.0946. The van der Waals surface area contributed by atoms with Gasteiger partial charge < -0.3 is 0 Å². The fraction of sp³-hybridized carbons (Fsp3) is 0.160. The maximum atomic E-state index is 13.6. The molecule has 3 aromatic rings. The fourth-order valence-corrected chi connectivity index (χ4v) is 4.39. The van der Waals surface area contributed by atoms with Crippen LogP contribution in [0.5, 0.6) is 0 Å². The van der Waals surface area contributed by atoms with Crippen molar-refractivity contribution in [3.05, 3.63) is 93.4 Å². The third kappa shape index (κ3) is 2.78. The molecule has 138 valence electrons. The van der Waals surface area contributed by atoms with E-state index < -0.39 is 0 Å². The molecule has 0 radical (unpaired) electrons. The largest absolute Gasteiger partial charge is 0.294 e. The molecule has 2 aliphatic rings. The number of hydrogen-bond donors (Lipinski definition) is 0. The van der Waals surface area contributed by atoms with Gasteiger partial charge in [0.05, 0.1) is 0 Å². The Bertz CT molecular complexity index is 1220. The maximum absolute atomic E-state index is 13.6. The highest BCUT2D eigenvalue weighted by Crippen LogP contribution is 2.27. The van der Waals surface area contributed by atoms with Crippen LogP contribution < -0.4 is 10.4 Å². The number of ketones is 1. The topological polar surface area (TPSA) is 17.1 Å². The van der Waals surface area contributed by atoms with Crippen LogP contribution in [0.2, 0.25) is 0 Å². The monoisotopic (exact) mass is 372 g/mol. The summed E-state index contributed by atoms with van der Waals surface area (Å²) in [4.78, 5) is 12.9. The third-order valence-corrected chi connectivity index (χ3v) is 5.82. The zero-order valence-corrected chi connectivity index (χ0v) is 15.2. The molecular formula is C25H18F2O. The molecule has 1 atom stereocenters. The van der Waals surface area contributed by atoms with Crippen LogP contribution in [0.3, 0.4) is 0 Å². The van der Waals surface area contributed by atoms with Gasteiger partial charge in [0.25, 0.3) is 0 Å². The third-order valence-electron chi connectivity index (χ3n) is 5.82. The van der Waals surface area contributed by atoms with Crippen molar-refractivity contribution in [1.82, 2.24) is 0 Å². The fourth-order valence-electron chi connectivity index (χ4n) is 4.39. The van der Waals surface area contributed by atoms with Gasteiger partial charge in [-0.05, 0) is 88.4 Å². The van der Waals surface area contributed by atoms with Crippen molar-refractivity contribution in [1.29, 1.82) is 0 Å². The lowest BCUT2D eigenvalue weighted by Gasteiger charge is -2.21. The smallest absolute Gasteiger partial charge is 0.169 e. The molecule has 3 heteroatoms. The standard InChI is InChI=1S/C25H18F2O/c26-19-7-3-16(4-8-19)25(28)18-2-1-15-5-10-22-21-12-9-20(27)13-17(21)6-11-23(22)24(15)14-18/h3-5,7-14,18H,1-2,6H2. The van der Waals surface area contributed by atoms with Crippen LogP contribution in [0.25, 0.3) is 23.3 Å². The van der Waals surface area contributed by atoms with Gasteiger partial charge in [-0.2, -0.15) is 0 Å². The van der Waals surface area contributed by atoms with E-state index in [1.54, 1.807) is 18.2 Å². The Morgan fingerprint density at radius 3 is 2.39 bits per heavy atom. The molecule has 0 saturated carbocycles. The number of carbonyl (C=O) groups is 1. The number of hydrogen-bond acceptors (Lipinski definition) is 1. The Morgan fingerprint density at radius 1 is 0.821 bits per heavy atom. The number of Topliss-reactive ketones (excluding diaryl/α,β-unsaturated/α-hetero) is 1. The summed E-state index contributed by atoms with van der Waals surface area (Å²) in [5.74, 6) is -0.743. The van der Waals surface area contributed by atoms with Crippen LogP contribution in [0.1, 0.15) is 27.9 Å². The average Bonchev–Trinajstić information content (AvgIpc) is 2.72. The molecule has 0 fully saturated rings. The van der Waals surface area contributed by atoms with Crippen LogP contribution >= 0.6 is 0 Å². The number of halogens is 2. The zero-order chi connectivity index (χ0) is 19.3. The Kier molecular flexibility index (Phi) is 3.97. The van der Waals surface area contributed by atoms with Gasteiger partial charge in [-0.3, -0.25) is 4.79 Å². The maximum Gasteiger partial charge on any atom is 0.169 e. The first-order valence-corrected chi connectivity index (χ1v) is 9.53. The molecule has 0 aliphatic heterocycles. The van der Waals surface area contributed by atoms with Gasteiger partial charge in [0, 0.05) is 11.5 Å². The van der Waals surface area contributed by atoms with Crippen molar-refractivity contribution < 1.29 is 13.6 Å². The van der Waals surface area contributed by atoms with Crippen LogP contribution in [0, 0.1) is 17.6 Å². The molecule has 0 bridgehead atoms. The van der Waals surface area contributed by atoms with Crippen molar-refractivity contribution in [2.75, 3.05) is 0 Å². The van der Waals surface area contributed by atoms with E-state index in [2.05, 4.69) is 24.3 Å². The molecule has 2 aliphatic carbocycles. The van der Waals surface area contributed by atoms with Gasteiger partial charge in [0.15, 0.2) is 5.78 Å². The molecule has 0 amide bonds. The van der Waals surface area contributed by atoms with Crippen molar-refractivity contribution in [2.24, 2.45) is 5.92 Å². The number of carbonyl (C=O) groups excluding carboxylic acids is 1. The van der Waals surface area contributed by atoms with Gasteiger partial charge in [-0.15, -0.1) is 0 Å². The second-order valence-corrected chi connectivity index (χ2v) is 7.49. The second-order valence-electron chi connectivity index (χ2n) is 7.49. The molecule has 0 saturated heterocycles. The Labute approximate surface area is 161 Å². The Hall–Kier alpha value is -3.07. The van der Waals surface area contributed by atoms with E-state index in [1.165, 1.54) is 23.8 Å².